The first-order valence-corrected chi connectivity index (χ1v) is 7.94. The minimum atomic E-state index is -0.562. The predicted octanol–water partition coefficient (Wildman–Crippen LogP) is 3.25. The van der Waals surface area contributed by atoms with Gasteiger partial charge in [-0.25, -0.2) is 0 Å². The zero-order valence-corrected chi connectivity index (χ0v) is 14.1. The van der Waals surface area contributed by atoms with Crippen molar-refractivity contribution in [1.82, 2.24) is 0 Å². The fourth-order valence-corrected chi connectivity index (χ4v) is 2.25. The Morgan fingerprint density at radius 2 is 1.19 bits per heavy atom. The first kappa shape index (κ1) is 19.5. The van der Waals surface area contributed by atoms with Gasteiger partial charge in [0.2, 0.25) is 11.8 Å². The lowest BCUT2D eigenvalue weighted by Gasteiger charge is -2.06. The van der Waals surface area contributed by atoms with Gasteiger partial charge in [0.25, 0.3) is 11.4 Å². The van der Waals surface area contributed by atoms with Crippen LogP contribution in [-0.2, 0) is 9.59 Å². The smallest absolute Gasteiger partial charge is 0.271 e. The van der Waals surface area contributed by atoms with E-state index in [4.69, 9.17) is 0 Å². The van der Waals surface area contributed by atoms with E-state index in [1.54, 1.807) is 0 Å². The molecule has 2 N–H and O–H groups in total. The molecular weight excluding hydrogens is 356 g/mol. The number of nitrogens with zero attached hydrogens (tertiary/aromatic N) is 2. The Kier molecular flexibility index (Phi) is 6.53. The maximum absolute atomic E-state index is 11.9. The summed E-state index contributed by atoms with van der Waals surface area (Å²) >= 11 is 0. The highest BCUT2D eigenvalue weighted by molar-refractivity contribution is 5.93. The van der Waals surface area contributed by atoms with Crippen LogP contribution in [0.25, 0.3) is 0 Å². The third-order valence-corrected chi connectivity index (χ3v) is 3.49. The summed E-state index contributed by atoms with van der Waals surface area (Å²) in [6.45, 7) is 0. The topological polar surface area (TPSA) is 144 Å². The SMILES string of the molecule is O=C(CCCC(=O)Nc1cccc([N+](=O)[O-])c1)Nc1cccc([N+](=O)[O-])c1. The minimum absolute atomic E-state index is 0.0467. The fourth-order valence-electron chi connectivity index (χ4n) is 2.25. The average molecular weight is 372 g/mol. The highest BCUT2D eigenvalue weighted by atomic mass is 16.6. The van der Waals surface area contributed by atoms with Crippen molar-refractivity contribution in [2.75, 3.05) is 10.6 Å². The van der Waals surface area contributed by atoms with Crippen LogP contribution in [0.3, 0.4) is 0 Å². The lowest BCUT2D eigenvalue weighted by molar-refractivity contribution is -0.385. The number of amides is 2. The van der Waals surface area contributed by atoms with Crippen LogP contribution in [0.15, 0.2) is 48.5 Å². The molecule has 140 valence electrons. The number of anilines is 2. The lowest BCUT2D eigenvalue weighted by Crippen LogP contribution is -2.15. The molecule has 2 rings (SSSR count). The van der Waals surface area contributed by atoms with Crippen molar-refractivity contribution in [2.24, 2.45) is 0 Å². The molecule has 0 aliphatic carbocycles. The van der Waals surface area contributed by atoms with Crippen LogP contribution in [0, 0.1) is 20.2 Å². The summed E-state index contributed by atoms with van der Waals surface area (Å²) in [6, 6.07) is 11.1. The van der Waals surface area contributed by atoms with Gasteiger partial charge in [0, 0.05) is 48.5 Å². The summed E-state index contributed by atoms with van der Waals surface area (Å²) in [4.78, 5) is 44.0. The number of carbonyl (C=O) groups excluding carboxylic acids is 2. The van der Waals surface area contributed by atoms with Gasteiger partial charge in [-0.3, -0.25) is 29.8 Å². The van der Waals surface area contributed by atoms with Gasteiger partial charge in [0.1, 0.15) is 0 Å². The summed E-state index contributed by atoms with van der Waals surface area (Å²) in [5, 5.41) is 26.5. The number of hydrogen-bond acceptors (Lipinski definition) is 6. The third-order valence-electron chi connectivity index (χ3n) is 3.49. The van der Waals surface area contributed by atoms with Gasteiger partial charge in [-0.15, -0.1) is 0 Å². The van der Waals surface area contributed by atoms with Gasteiger partial charge in [0.15, 0.2) is 0 Å². The molecule has 10 heteroatoms. The number of benzene rings is 2. The molecule has 2 amide bonds. The number of hydrogen-bond donors (Lipinski definition) is 2. The molecule has 0 bridgehead atoms. The summed E-state index contributed by atoms with van der Waals surface area (Å²) in [5.74, 6) is -0.753. The second-order valence-corrected chi connectivity index (χ2v) is 5.56. The Morgan fingerprint density at radius 1 is 0.778 bits per heavy atom. The van der Waals surface area contributed by atoms with E-state index in [0.29, 0.717) is 11.4 Å². The number of nitro benzene ring substituents is 2. The minimum Gasteiger partial charge on any atom is -0.326 e. The lowest BCUT2D eigenvalue weighted by atomic mass is 10.2. The first-order valence-electron chi connectivity index (χ1n) is 7.94. The van der Waals surface area contributed by atoms with Gasteiger partial charge in [-0.05, 0) is 18.6 Å². The molecule has 0 atom stereocenters. The quantitative estimate of drug-likeness (QED) is 0.537. The van der Waals surface area contributed by atoms with Crippen LogP contribution >= 0.6 is 0 Å². The molecule has 0 aliphatic heterocycles. The van der Waals surface area contributed by atoms with E-state index in [2.05, 4.69) is 10.6 Å². The Morgan fingerprint density at radius 3 is 1.56 bits per heavy atom. The maximum Gasteiger partial charge on any atom is 0.271 e. The van der Waals surface area contributed by atoms with Crippen molar-refractivity contribution in [1.29, 1.82) is 0 Å². The van der Waals surface area contributed by atoms with Crippen molar-refractivity contribution in [2.45, 2.75) is 19.3 Å². The van der Waals surface area contributed by atoms with Crippen molar-refractivity contribution < 1.29 is 19.4 Å². The summed E-state index contributed by atoms with van der Waals surface area (Å²) < 4.78 is 0. The molecule has 2 aromatic rings. The van der Waals surface area contributed by atoms with Crippen LogP contribution in [-0.4, -0.2) is 21.7 Å². The second kappa shape index (κ2) is 9.04. The zero-order chi connectivity index (χ0) is 19.8. The van der Waals surface area contributed by atoms with E-state index < -0.39 is 9.85 Å². The Hall–Kier alpha value is -3.82. The molecule has 0 aromatic heterocycles. The third kappa shape index (κ3) is 6.20. The summed E-state index contributed by atoms with van der Waals surface area (Å²) in [6.07, 6.45) is 0.345. The van der Waals surface area contributed by atoms with Crippen LogP contribution in [0.1, 0.15) is 19.3 Å². The van der Waals surface area contributed by atoms with E-state index in [-0.39, 0.29) is 42.5 Å². The summed E-state index contributed by atoms with van der Waals surface area (Å²) in [5.41, 5.74) is 0.332. The first-order chi connectivity index (χ1) is 12.8. The van der Waals surface area contributed by atoms with Crippen molar-refractivity contribution in [3.05, 3.63) is 68.8 Å². The van der Waals surface area contributed by atoms with Crippen LogP contribution < -0.4 is 10.6 Å². The van der Waals surface area contributed by atoms with Crippen LogP contribution in [0.4, 0.5) is 22.7 Å². The number of carbonyl (C=O) groups is 2. The molecule has 0 heterocycles. The fraction of sp³-hybridized carbons (Fsp3) is 0.176. The number of nitrogens with one attached hydrogen (secondary N) is 2. The maximum atomic E-state index is 11.9. The predicted molar refractivity (Wildman–Crippen MR) is 97.3 cm³/mol. The molecule has 0 fully saturated rings. The summed E-state index contributed by atoms with van der Waals surface area (Å²) in [7, 11) is 0. The normalized spacial score (nSPS) is 10.1. The van der Waals surface area contributed by atoms with Crippen molar-refractivity contribution in [3.63, 3.8) is 0 Å². The van der Waals surface area contributed by atoms with E-state index in [9.17, 15) is 29.8 Å². The van der Waals surface area contributed by atoms with Gasteiger partial charge in [-0.1, -0.05) is 12.1 Å². The standard InChI is InChI=1S/C17H16N4O6/c22-16(18-12-4-1-6-14(10-12)20(24)25)8-3-9-17(23)19-13-5-2-7-15(11-13)21(26)27/h1-2,4-7,10-11H,3,8-9H2,(H,18,22)(H,19,23). The van der Waals surface area contributed by atoms with Gasteiger partial charge in [0.05, 0.1) is 9.85 Å². The molecule has 0 spiro atoms. The number of rotatable bonds is 8. The van der Waals surface area contributed by atoms with E-state index in [1.165, 1.54) is 48.5 Å². The van der Waals surface area contributed by atoms with E-state index in [1.807, 2.05) is 0 Å². The Bertz CT molecular complexity index is 812. The highest BCUT2D eigenvalue weighted by Crippen LogP contribution is 2.18. The molecule has 10 nitrogen and oxygen atoms in total. The van der Waals surface area contributed by atoms with Crippen LogP contribution in [0.2, 0.25) is 0 Å². The Balaban J connectivity index is 1.78. The molecule has 0 saturated carbocycles. The average Bonchev–Trinajstić information content (AvgIpc) is 2.62. The highest BCUT2D eigenvalue weighted by Gasteiger charge is 2.11. The molecular formula is C17H16N4O6. The van der Waals surface area contributed by atoms with E-state index >= 15 is 0 Å². The molecule has 0 radical (unpaired) electrons. The molecule has 0 unspecified atom stereocenters. The van der Waals surface area contributed by atoms with E-state index in [0.717, 1.165) is 0 Å². The van der Waals surface area contributed by atoms with Crippen LogP contribution in [0.5, 0.6) is 0 Å². The Labute approximate surface area is 153 Å². The zero-order valence-electron chi connectivity index (χ0n) is 14.1. The molecule has 27 heavy (non-hydrogen) atoms. The largest absolute Gasteiger partial charge is 0.326 e. The van der Waals surface area contributed by atoms with Crippen molar-refractivity contribution in [3.8, 4) is 0 Å². The second-order valence-electron chi connectivity index (χ2n) is 5.56. The van der Waals surface area contributed by atoms with Gasteiger partial charge >= 0.3 is 0 Å². The molecule has 0 aliphatic rings. The molecule has 0 saturated heterocycles. The number of nitro groups is 2. The van der Waals surface area contributed by atoms with Gasteiger partial charge in [-0.2, -0.15) is 0 Å². The number of non-ortho nitro benzene ring substituents is 2. The molecule has 2 aromatic carbocycles. The van der Waals surface area contributed by atoms with Crippen molar-refractivity contribution >= 4 is 34.6 Å². The van der Waals surface area contributed by atoms with Gasteiger partial charge < -0.3 is 10.6 Å². The monoisotopic (exact) mass is 372 g/mol.